The Hall–Kier alpha value is -3.22. The van der Waals surface area contributed by atoms with Gasteiger partial charge in [0.05, 0.1) is 19.1 Å². The summed E-state index contributed by atoms with van der Waals surface area (Å²) in [6.45, 7) is 7.96. The van der Waals surface area contributed by atoms with Crippen LogP contribution in [0.25, 0.3) is 10.8 Å². The van der Waals surface area contributed by atoms with E-state index in [4.69, 9.17) is 0 Å². The van der Waals surface area contributed by atoms with Gasteiger partial charge in [0, 0.05) is 31.9 Å². The maximum atomic E-state index is 12.7. The Balaban J connectivity index is 1.23. The number of fused-ring (bicyclic) bond motifs is 1. The van der Waals surface area contributed by atoms with Gasteiger partial charge in [0.25, 0.3) is 0 Å². The molecule has 1 aliphatic rings. The van der Waals surface area contributed by atoms with Crippen LogP contribution in [0.2, 0.25) is 0 Å². The molecule has 34 heavy (non-hydrogen) atoms. The maximum Gasteiger partial charge on any atom is 0.238 e. The summed E-state index contributed by atoms with van der Waals surface area (Å²) in [6.07, 6.45) is 0.885. The van der Waals surface area contributed by atoms with E-state index in [-0.39, 0.29) is 17.9 Å². The van der Waals surface area contributed by atoms with Crippen LogP contribution >= 0.6 is 0 Å². The highest BCUT2D eigenvalue weighted by molar-refractivity contribution is 5.93. The Labute approximate surface area is 201 Å². The second-order valence-electron chi connectivity index (χ2n) is 8.97. The van der Waals surface area contributed by atoms with Gasteiger partial charge in [0.15, 0.2) is 0 Å². The number of anilines is 1. The fourth-order valence-corrected chi connectivity index (χ4v) is 4.64. The number of carbonyl (C=O) groups is 2. The van der Waals surface area contributed by atoms with E-state index in [0.29, 0.717) is 13.1 Å². The van der Waals surface area contributed by atoms with E-state index >= 15 is 0 Å². The molecule has 0 aliphatic carbocycles. The van der Waals surface area contributed by atoms with Crippen molar-refractivity contribution in [3.05, 3.63) is 77.9 Å². The Bertz CT molecular complexity index is 1130. The third-order valence-corrected chi connectivity index (χ3v) is 6.54. The van der Waals surface area contributed by atoms with E-state index < -0.39 is 0 Å². The summed E-state index contributed by atoms with van der Waals surface area (Å²) in [5, 5.41) is 8.55. The number of hydrogen-bond donors (Lipinski definition) is 2. The summed E-state index contributed by atoms with van der Waals surface area (Å²) >= 11 is 0. The molecule has 178 valence electrons. The van der Waals surface area contributed by atoms with Crippen molar-refractivity contribution in [1.29, 1.82) is 0 Å². The lowest BCUT2D eigenvalue weighted by Crippen LogP contribution is -2.51. The first-order valence-electron chi connectivity index (χ1n) is 12.1. The van der Waals surface area contributed by atoms with Gasteiger partial charge in [0.2, 0.25) is 11.8 Å². The summed E-state index contributed by atoms with van der Waals surface area (Å²) in [5.41, 5.74) is 3.17. The van der Waals surface area contributed by atoms with Crippen LogP contribution in [0, 0.1) is 0 Å². The van der Waals surface area contributed by atoms with Gasteiger partial charge in [-0.3, -0.25) is 19.4 Å². The van der Waals surface area contributed by atoms with Crippen molar-refractivity contribution in [2.45, 2.75) is 26.3 Å². The molecule has 0 bridgehead atoms. The van der Waals surface area contributed by atoms with Crippen LogP contribution in [-0.2, 0) is 16.0 Å². The average molecular weight is 459 g/mol. The van der Waals surface area contributed by atoms with Gasteiger partial charge >= 0.3 is 0 Å². The molecule has 0 spiro atoms. The quantitative estimate of drug-likeness (QED) is 0.538. The van der Waals surface area contributed by atoms with Crippen LogP contribution in [0.1, 0.15) is 31.0 Å². The topological polar surface area (TPSA) is 64.7 Å². The Morgan fingerprint density at radius 3 is 2.18 bits per heavy atom. The number of rotatable bonds is 8. The van der Waals surface area contributed by atoms with E-state index in [0.717, 1.165) is 49.4 Å². The lowest BCUT2D eigenvalue weighted by atomic mass is 10.00. The van der Waals surface area contributed by atoms with Crippen molar-refractivity contribution in [3.8, 4) is 0 Å². The molecule has 0 unspecified atom stereocenters. The monoisotopic (exact) mass is 458 g/mol. The van der Waals surface area contributed by atoms with Crippen LogP contribution in [-0.4, -0.2) is 60.9 Å². The van der Waals surface area contributed by atoms with Gasteiger partial charge in [-0.05, 0) is 41.3 Å². The molecular formula is C28H34N4O2. The Morgan fingerprint density at radius 1 is 0.824 bits per heavy atom. The zero-order valence-electron chi connectivity index (χ0n) is 20.1. The lowest BCUT2D eigenvalue weighted by molar-refractivity contribution is -0.124. The number of piperazine rings is 1. The smallest absolute Gasteiger partial charge is 0.238 e. The SMILES string of the molecule is CCc1ccccc1NC(=O)CN1CCN(CC(=O)N[C@H](C)c2cccc3ccccc23)CC1. The van der Waals surface area contributed by atoms with Crippen LogP contribution in [0.3, 0.4) is 0 Å². The van der Waals surface area contributed by atoms with Crippen LogP contribution in [0.5, 0.6) is 0 Å². The van der Waals surface area contributed by atoms with Crippen molar-refractivity contribution in [3.63, 3.8) is 0 Å². The van der Waals surface area contributed by atoms with Crippen molar-refractivity contribution >= 4 is 28.3 Å². The van der Waals surface area contributed by atoms with Crippen LogP contribution < -0.4 is 10.6 Å². The average Bonchev–Trinajstić information content (AvgIpc) is 2.85. The molecular weight excluding hydrogens is 424 g/mol. The van der Waals surface area contributed by atoms with E-state index in [9.17, 15) is 9.59 Å². The van der Waals surface area contributed by atoms with Gasteiger partial charge < -0.3 is 10.6 Å². The first-order valence-corrected chi connectivity index (χ1v) is 12.1. The van der Waals surface area contributed by atoms with E-state index in [1.165, 1.54) is 10.8 Å². The molecule has 1 saturated heterocycles. The number of amides is 2. The zero-order chi connectivity index (χ0) is 23.9. The van der Waals surface area contributed by atoms with Gasteiger partial charge in [-0.25, -0.2) is 0 Å². The van der Waals surface area contributed by atoms with E-state index in [1.807, 2.05) is 49.4 Å². The molecule has 1 atom stereocenters. The van der Waals surface area contributed by atoms with Crippen molar-refractivity contribution in [2.75, 3.05) is 44.6 Å². The zero-order valence-corrected chi connectivity index (χ0v) is 20.1. The standard InChI is InChI=1S/C28H34N4O2/c1-3-22-9-5-7-14-26(22)30-28(34)20-32-17-15-31(16-18-32)19-27(33)29-21(2)24-13-8-11-23-10-4-6-12-25(23)24/h4-14,21H,3,15-20H2,1-2H3,(H,29,33)(H,30,34)/t21-/m1/s1. The normalized spacial score (nSPS) is 15.7. The van der Waals surface area contributed by atoms with E-state index in [2.05, 4.69) is 51.6 Å². The second kappa shape index (κ2) is 11.3. The number of aryl methyl sites for hydroxylation is 1. The molecule has 0 radical (unpaired) electrons. The molecule has 1 aliphatic heterocycles. The Kier molecular flexibility index (Phi) is 7.93. The highest BCUT2D eigenvalue weighted by Gasteiger charge is 2.22. The molecule has 1 fully saturated rings. The van der Waals surface area contributed by atoms with Crippen LogP contribution in [0.4, 0.5) is 5.69 Å². The minimum atomic E-state index is -0.0606. The van der Waals surface area contributed by atoms with Gasteiger partial charge in [-0.1, -0.05) is 67.6 Å². The van der Waals surface area contributed by atoms with Gasteiger partial charge in [-0.2, -0.15) is 0 Å². The van der Waals surface area contributed by atoms with Crippen molar-refractivity contribution in [1.82, 2.24) is 15.1 Å². The first kappa shape index (κ1) is 23.9. The largest absolute Gasteiger partial charge is 0.348 e. The highest BCUT2D eigenvalue weighted by atomic mass is 16.2. The van der Waals surface area contributed by atoms with E-state index in [1.54, 1.807) is 0 Å². The molecule has 2 N–H and O–H groups in total. The number of nitrogens with one attached hydrogen (secondary N) is 2. The third kappa shape index (κ3) is 6.01. The molecule has 0 aromatic heterocycles. The molecule has 4 rings (SSSR count). The molecule has 6 nitrogen and oxygen atoms in total. The molecule has 6 heteroatoms. The second-order valence-corrected chi connectivity index (χ2v) is 8.97. The fraction of sp³-hybridized carbons (Fsp3) is 0.357. The molecule has 3 aromatic carbocycles. The predicted octanol–water partition coefficient (Wildman–Crippen LogP) is 3.84. The number of benzene rings is 3. The number of hydrogen-bond acceptors (Lipinski definition) is 4. The molecule has 1 heterocycles. The summed E-state index contributed by atoms with van der Waals surface area (Å²) in [6, 6.07) is 22.3. The minimum Gasteiger partial charge on any atom is -0.348 e. The molecule has 0 saturated carbocycles. The predicted molar refractivity (Wildman–Crippen MR) is 138 cm³/mol. The first-order chi connectivity index (χ1) is 16.5. The highest BCUT2D eigenvalue weighted by Crippen LogP contribution is 2.24. The number of carbonyl (C=O) groups excluding carboxylic acids is 2. The van der Waals surface area contributed by atoms with Crippen LogP contribution in [0.15, 0.2) is 66.7 Å². The summed E-state index contributed by atoms with van der Waals surface area (Å²) in [7, 11) is 0. The van der Waals surface area contributed by atoms with Gasteiger partial charge in [-0.15, -0.1) is 0 Å². The summed E-state index contributed by atoms with van der Waals surface area (Å²) in [4.78, 5) is 29.6. The fourth-order valence-electron chi connectivity index (χ4n) is 4.64. The third-order valence-electron chi connectivity index (χ3n) is 6.54. The van der Waals surface area contributed by atoms with Crippen molar-refractivity contribution < 1.29 is 9.59 Å². The van der Waals surface area contributed by atoms with Gasteiger partial charge in [0.1, 0.15) is 0 Å². The summed E-state index contributed by atoms with van der Waals surface area (Å²) in [5.74, 6) is 0.0406. The maximum absolute atomic E-state index is 12.7. The summed E-state index contributed by atoms with van der Waals surface area (Å²) < 4.78 is 0. The molecule has 2 amide bonds. The number of nitrogens with zero attached hydrogens (tertiary/aromatic N) is 2. The number of para-hydroxylation sites is 1. The van der Waals surface area contributed by atoms with Crippen molar-refractivity contribution in [2.24, 2.45) is 0 Å². The lowest BCUT2D eigenvalue weighted by Gasteiger charge is -2.34. The minimum absolute atomic E-state index is 0.0102. The molecule has 3 aromatic rings. The Morgan fingerprint density at radius 2 is 1.44 bits per heavy atom.